The van der Waals surface area contributed by atoms with Crippen molar-refractivity contribution < 1.29 is 0 Å². The van der Waals surface area contributed by atoms with Crippen molar-refractivity contribution in [3.05, 3.63) is 36.0 Å². The molecule has 1 saturated heterocycles. The number of aryl methyl sites for hydroxylation is 1. The second kappa shape index (κ2) is 5.65. The van der Waals surface area contributed by atoms with Gasteiger partial charge in [-0.3, -0.25) is 4.98 Å². The largest absolute Gasteiger partial charge is 0.368 e. The Bertz CT molecular complexity index is 893. The average Bonchev–Trinajstić information content (AvgIpc) is 3.34. The summed E-state index contributed by atoms with van der Waals surface area (Å²) in [6.45, 7) is 4.82. The maximum absolute atomic E-state index is 4.76. The molecule has 4 heterocycles. The highest BCUT2D eigenvalue weighted by Gasteiger charge is 2.31. The van der Waals surface area contributed by atoms with Crippen LogP contribution in [0.3, 0.4) is 0 Å². The normalized spacial score (nSPS) is 17.7. The number of fused-ring (bicyclic) bond motifs is 1. The van der Waals surface area contributed by atoms with Gasteiger partial charge in [-0.25, -0.2) is 4.98 Å². The Balaban J connectivity index is 1.22. The van der Waals surface area contributed by atoms with Crippen LogP contribution in [-0.4, -0.2) is 49.4 Å². The first-order chi connectivity index (χ1) is 12.3. The molecule has 128 valence electrons. The van der Waals surface area contributed by atoms with Gasteiger partial charge in [-0.05, 0) is 31.9 Å². The molecule has 2 aliphatic rings. The van der Waals surface area contributed by atoms with Crippen LogP contribution in [0, 0.1) is 12.8 Å². The van der Waals surface area contributed by atoms with E-state index in [9.17, 15) is 0 Å². The molecule has 0 unspecified atom stereocenters. The van der Waals surface area contributed by atoms with Crippen molar-refractivity contribution in [1.29, 1.82) is 0 Å². The van der Waals surface area contributed by atoms with Crippen molar-refractivity contribution in [2.75, 3.05) is 29.9 Å². The summed E-state index contributed by atoms with van der Waals surface area (Å²) in [7, 11) is 0. The number of hydrogen-bond acceptors (Lipinski definition) is 7. The minimum atomic E-state index is 0.543. The van der Waals surface area contributed by atoms with Crippen molar-refractivity contribution in [2.24, 2.45) is 5.92 Å². The first kappa shape index (κ1) is 14.6. The molecule has 25 heavy (non-hydrogen) atoms. The van der Waals surface area contributed by atoms with Crippen molar-refractivity contribution in [1.82, 2.24) is 29.8 Å². The van der Waals surface area contributed by atoms with E-state index in [-0.39, 0.29) is 0 Å². The van der Waals surface area contributed by atoms with Gasteiger partial charge in [0.05, 0.1) is 18.1 Å². The van der Waals surface area contributed by atoms with Crippen LogP contribution in [0.4, 0.5) is 11.6 Å². The standard InChI is InChI=1S/C17H20N8/c1-11-6-19-14(8-18-11)20-7-12-9-24(10-12)16-5-4-15-21-22-17(13-2-3-13)25(15)23-16/h4-6,8,12-13H,2-3,7,9-10H2,1H3,(H,19,20). The van der Waals surface area contributed by atoms with E-state index in [4.69, 9.17) is 5.10 Å². The van der Waals surface area contributed by atoms with Gasteiger partial charge in [0.15, 0.2) is 11.5 Å². The minimum absolute atomic E-state index is 0.543. The monoisotopic (exact) mass is 336 g/mol. The summed E-state index contributed by atoms with van der Waals surface area (Å²) in [5.74, 6) is 3.97. The molecule has 0 radical (unpaired) electrons. The van der Waals surface area contributed by atoms with Crippen LogP contribution in [0.15, 0.2) is 24.5 Å². The quantitative estimate of drug-likeness (QED) is 0.758. The summed E-state index contributed by atoms with van der Waals surface area (Å²) < 4.78 is 1.92. The molecule has 3 aromatic rings. The fourth-order valence-electron chi connectivity index (χ4n) is 3.18. The van der Waals surface area contributed by atoms with E-state index in [0.717, 1.165) is 48.4 Å². The van der Waals surface area contributed by atoms with Crippen molar-refractivity contribution >= 4 is 17.3 Å². The summed E-state index contributed by atoms with van der Waals surface area (Å²) in [5.41, 5.74) is 1.77. The second-order valence-electron chi connectivity index (χ2n) is 6.99. The van der Waals surface area contributed by atoms with Gasteiger partial charge in [0.2, 0.25) is 0 Å². The third-order valence-corrected chi connectivity index (χ3v) is 4.85. The van der Waals surface area contributed by atoms with Gasteiger partial charge in [0, 0.05) is 31.5 Å². The summed E-state index contributed by atoms with van der Waals surface area (Å²) in [6.07, 6.45) is 5.97. The molecule has 1 saturated carbocycles. The first-order valence-corrected chi connectivity index (χ1v) is 8.76. The van der Waals surface area contributed by atoms with Crippen LogP contribution in [0.1, 0.15) is 30.3 Å². The zero-order valence-electron chi connectivity index (χ0n) is 14.1. The lowest BCUT2D eigenvalue weighted by molar-refractivity contribution is 0.424. The molecule has 3 aromatic heterocycles. The molecule has 1 aliphatic carbocycles. The Morgan fingerprint density at radius 2 is 2.00 bits per heavy atom. The van der Waals surface area contributed by atoms with Crippen LogP contribution in [-0.2, 0) is 0 Å². The Labute approximate surface area is 145 Å². The summed E-state index contributed by atoms with van der Waals surface area (Å²) in [6, 6.07) is 4.05. The van der Waals surface area contributed by atoms with Gasteiger partial charge in [-0.15, -0.1) is 15.3 Å². The summed E-state index contributed by atoms with van der Waals surface area (Å²) >= 11 is 0. The average molecular weight is 336 g/mol. The molecule has 0 atom stereocenters. The molecule has 5 rings (SSSR count). The maximum atomic E-state index is 4.76. The molecular formula is C17H20N8. The molecule has 1 aliphatic heterocycles. The topological polar surface area (TPSA) is 84.1 Å². The number of nitrogens with one attached hydrogen (secondary N) is 1. The van der Waals surface area contributed by atoms with Crippen molar-refractivity contribution in [2.45, 2.75) is 25.7 Å². The van der Waals surface area contributed by atoms with E-state index in [1.165, 1.54) is 12.8 Å². The van der Waals surface area contributed by atoms with E-state index < -0.39 is 0 Å². The molecule has 0 amide bonds. The molecule has 8 nitrogen and oxygen atoms in total. The summed E-state index contributed by atoms with van der Waals surface area (Å²) in [4.78, 5) is 10.9. The highest BCUT2D eigenvalue weighted by atomic mass is 15.4. The van der Waals surface area contributed by atoms with Crippen LogP contribution in [0.5, 0.6) is 0 Å². The number of aromatic nitrogens is 6. The zero-order chi connectivity index (χ0) is 16.8. The fraction of sp³-hybridized carbons (Fsp3) is 0.471. The number of anilines is 2. The summed E-state index contributed by atoms with van der Waals surface area (Å²) in [5, 5.41) is 16.6. The molecule has 0 spiro atoms. The Morgan fingerprint density at radius 3 is 2.76 bits per heavy atom. The predicted octanol–water partition coefficient (Wildman–Crippen LogP) is 1.65. The lowest BCUT2D eigenvalue weighted by Crippen LogP contribution is -2.50. The van der Waals surface area contributed by atoms with E-state index >= 15 is 0 Å². The van der Waals surface area contributed by atoms with Crippen LogP contribution in [0.25, 0.3) is 5.65 Å². The zero-order valence-corrected chi connectivity index (χ0v) is 14.1. The van der Waals surface area contributed by atoms with E-state index in [2.05, 4.69) is 30.4 Å². The van der Waals surface area contributed by atoms with Crippen molar-refractivity contribution in [3.8, 4) is 0 Å². The number of rotatable bonds is 5. The van der Waals surface area contributed by atoms with Gasteiger partial charge >= 0.3 is 0 Å². The number of hydrogen-bond donors (Lipinski definition) is 1. The van der Waals surface area contributed by atoms with Crippen LogP contribution < -0.4 is 10.2 Å². The smallest absolute Gasteiger partial charge is 0.178 e. The van der Waals surface area contributed by atoms with Gasteiger partial charge in [-0.2, -0.15) is 4.52 Å². The fourth-order valence-corrected chi connectivity index (χ4v) is 3.18. The third kappa shape index (κ3) is 2.77. The predicted molar refractivity (Wildman–Crippen MR) is 93.7 cm³/mol. The molecule has 0 aromatic carbocycles. The van der Waals surface area contributed by atoms with Crippen molar-refractivity contribution in [3.63, 3.8) is 0 Å². The lowest BCUT2D eigenvalue weighted by atomic mass is 10.0. The van der Waals surface area contributed by atoms with Gasteiger partial charge < -0.3 is 10.2 Å². The third-order valence-electron chi connectivity index (χ3n) is 4.85. The second-order valence-corrected chi connectivity index (χ2v) is 6.99. The Hall–Kier alpha value is -2.77. The van der Waals surface area contributed by atoms with E-state index in [1.54, 1.807) is 12.4 Å². The number of nitrogens with zero attached hydrogens (tertiary/aromatic N) is 7. The van der Waals surface area contributed by atoms with Gasteiger partial charge in [0.1, 0.15) is 11.6 Å². The minimum Gasteiger partial charge on any atom is -0.368 e. The van der Waals surface area contributed by atoms with E-state index in [0.29, 0.717) is 11.8 Å². The van der Waals surface area contributed by atoms with Gasteiger partial charge in [-0.1, -0.05) is 0 Å². The van der Waals surface area contributed by atoms with Crippen LogP contribution in [0.2, 0.25) is 0 Å². The first-order valence-electron chi connectivity index (χ1n) is 8.76. The molecule has 8 heteroatoms. The molecular weight excluding hydrogens is 316 g/mol. The Morgan fingerprint density at radius 1 is 1.12 bits per heavy atom. The lowest BCUT2D eigenvalue weighted by Gasteiger charge is -2.40. The highest BCUT2D eigenvalue weighted by molar-refractivity contribution is 5.48. The SMILES string of the molecule is Cc1cnc(NCC2CN(c3ccc4nnc(C5CC5)n4n3)C2)cn1. The Kier molecular flexibility index (Phi) is 3.29. The molecule has 2 fully saturated rings. The van der Waals surface area contributed by atoms with E-state index in [1.807, 2.05) is 23.6 Å². The molecule has 1 N–H and O–H groups in total. The maximum Gasteiger partial charge on any atom is 0.178 e. The van der Waals surface area contributed by atoms with Gasteiger partial charge in [0.25, 0.3) is 0 Å². The van der Waals surface area contributed by atoms with Crippen LogP contribution >= 0.6 is 0 Å². The molecule has 0 bridgehead atoms. The highest BCUT2D eigenvalue weighted by Crippen LogP contribution is 2.38.